The number of nitrogens with zero attached hydrogens (tertiary/aromatic N) is 1. The Kier molecular flexibility index (Phi) is 7.35. The number of phosphoric acid groups is 1. The van der Waals surface area contributed by atoms with Gasteiger partial charge in [-0.1, -0.05) is 6.92 Å². The molecule has 0 unspecified atom stereocenters. The molecule has 0 bridgehead atoms. The molecule has 1 radical (unpaired) electrons. The second-order valence-electron chi connectivity index (χ2n) is 2.82. The first-order chi connectivity index (χ1) is 6.49. The summed E-state index contributed by atoms with van der Waals surface area (Å²) < 4.78 is 14.6. The summed E-state index contributed by atoms with van der Waals surface area (Å²) in [6.07, 6.45) is 0.545. The second-order valence-corrected chi connectivity index (χ2v) is 4.06. The van der Waals surface area contributed by atoms with Crippen molar-refractivity contribution in [3.63, 3.8) is 0 Å². The van der Waals surface area contributed by atoms with Gasteiger partial charge in [-0.05, 0) is 13.0 Å². The summed E-state index contributed by atoms with van der Waals surface area (Å²) in [6.45, 7) is 3.59. The second kappa shape index (κ2) is 7.34. The van der Waals surface area contributed by atoms with E-state index in [1.165, 1.54) is 0 Å². The van der Waals surface area contributed by atoms with E-state index in [0.717, 1.165) is 6.54 Å². The summed E-state index contributed by atoms with van der Waals surface area (Å²) in [6, 6.07) is 0. The van der Waals surface area contributed by atoms with E-state index in [4.69, 9.17) is 9.79 Å². The van der Waals surface area contributed by atoms with Crippen molar-refractivity contribution >= 4 is 7.82 Å². The third-order valence-electron chi connectivity index (χ3n) is 1.73. The van der Waals surface area contributed by atoms with Crippen LogP contribution in [-0.4, -0.2) is 47.5 Å². The average Bonchev–Trinajstić information content (AvgIpc) is 2.09. The fourth-order valence-electron chi connectivity index (χ4n) is 1.01. The fourth-order valence-corrected chi connectivity index (χ4v) is 1.32. The quantitative estimate of drug-likeness (QED) is 0.578. The Morgan fingerprint density at radius 1 is 1.36 bits per heavy atom. The molecule has 0 aromatic rings. The molecule has 85 valence electrons. The highest BCUT2D eigenvalue weighted by molar-refractivity contribution is 7.46. The van der Waals surface area contributed by atoms with Crippen LogP contribution in [0.25, 0.3) is 0 Å². The highest BCUT2D eigenvalue weighted by atomic mass is 31.2. The van der Waals surface area contributed by atoms with Crippen molar-refractivity contribution in [3.8, 4) is 0 Å². The molecule has 0 rings (SSSR count). The van der Waals surface area contributed by atoms with E-state index in [0.29, 0.717) is 19.5 Å². The minimum absolute atomic E-state index is 0.0169. The lowest BCUT2D eigenvalue weighted by atomic mass is 10.4. The summed E-state index contributed by atoms with van der Waals surface area (Å²) in [5.74, 6) is 0. The Bertz CT molecular complexity index is 183. The zero-order chi connectivity index (χ0) is 11.0. The van der Waals surface area contributed by atoms with Crippen LogP contribution in [0.15, 0.2) is 0 Å². The Morgan fingerprint density at radius 3 is 2.43 bits per heavy atom. The van der Waals surface area contributed by atoms with Crippen molar-refractivity contribution in [2.45, 2.75) is 13.3 Å². The van der Waals surface area contributed by atoms with E-state index < -0.39 is 7.82 Å². The molecule has 0 atom stereocenters. The van der Waals surface area contributed by atoms with Crippen LogP contribution in [0.1, 0.15) is 13.3 Å². The van der Waals surface area contributed by atoms with Gasteiger partial charge in [0.2, 0.25) is 0 Å². The number of rotatable bonds is 8. The van der Waals surface area contributed by atoms with Crippen LogP contribution in [0, 0.1) is 0 Å². The first-order valence-corrected chi connectivity index (χ1v) is 6.03. The van der Waals surface area contributed by atoms with Gasteiger partial charge in [-0.15, -0.1) is 0 Å². The SMILES string of the molecule is CCN(CCC[O])CCOP(=O)(O)O. The maximum atomic E-state index is 10.3. The maximum Gasteiger partial charge on any atom is 0.469 e. The third-order valence-corrected chi connectivity index (χ3v) is 2.25. The third kappa shape index (κ3) is 8.62. The first-order valence-electron chi connectivity index (χ1n) is 4.50. The molecule has 14 heavy (non-hydrogen) atoms. The van der Waals surface area contributed by atoms with Gasteiger partial charge in [-0.2, -0.15) is 0 Å². The minimum Gasteiger partial charge on any atom is -0.303 e. The van der Waals surface area contributed by atoms with Crippen molar-refractivity contribution in [2.24, 2.45) is 0 Å². The van der Waals surface area contributed by atoms with E-state index in [1.54, 1.807) is 0 Å². The number of likely N-dealkylation sites (N-methyl/N-ethyl adjacent to an activating group) is 1. The van der Waals surface area contributed by atoms with Crippen LogP contribution >= 0.6 is 7.82 Å². The smallest absolute Gasteiger partial charge is 0.303 e. The Morgan fingerprint density at radius 2 is 2.00 bits per heavy atom. The molecule has 2 N–H and O–H groups in total. The standard InChI is InChI=1S/C7H17NO5P/c1-2-8(4-3-6-9)5-7-13-14(10,11)12/h2-7H2,1H3,(H2,10,11,12). The normalized spacial score (nSPS) is 12.4. The monoisotopic (exact) mass is 226 g/mol. The van der Waals surface area contributed by atoms with Gasteiger partial charge >= 0.3 is 7.82 Å². The van der Waals surface area contributed by atoms with E-state index in [2.05, 4.69) is 4.52 Å². The van der Waals surface area contributed by atoms with Crippen LogP contribution in [0.2, 0.25) is 0 Å². The predicted octanol–water partition coefficient (Wildman–Crippen LogP) is 0.238. The maximum absolute atomic E-state index is 10.3. The lowest BCUT2D eigenvalue weighted by Gasteiger charge is -2.19. The van der Waals surface area contributed by atoms with Crippen molar-refractivity contribution in [1.29, 1.82) is 0 Å². The molecule has 0 heterocycles. The molecule has 0 aliphatic carbocycles. The van der Waals surface area contributed by atoms with Crippen molar-refractivity contribution in [2.75, 3.05) is 32.8 Å². The number of phosphoric ester groups is 1. The highest BCUT2D eigenvalue weighted by Crippen LogP contribution is 2.35. The molecule has 0 aromatic carbocycles. The summed E-state index contributed by atoms with van der Waals surface area (Å²) in [5, 5.41) is 10.2. The van der Waals surface area contributed by atoms with Gasteiger partial charge < -0.3 is 14.7 Å². The van der Waals surface area contributed by atoms with Gasteiger partial charge in [0.25, 0.3) is 0 Å². The summed E-state index contributed by atoms with van der Waals surface area (Å²) >= 11 is 0. The molecule has 7 heteroatoms. The molecule has 6 nitrogen and oxygen atoms in total. The first kappa shape index (κ1) is 14.0. The number of hydrogen-bond acceptors (Lipinski definition) is 3. The fraction of sp³-hybridized carbons (Fsp3) is 1.00. The molecule has 0 aromatic heterocycles. The lowest BCUT2D eigenvalue weighted by molar-refractivity contribution is 0.143. The number of hydrogen-bond donors (Lipinski definition) is 2. The van der Waals surface area contributed by atoms with Gasteiger partial charge in [0.15, 0.2) is 0 Å². The molecule has 0 spiro atoms. The molecule has 0 aliphatic rings. The van der Waals surface area contributed by atoms with Crippen LogP contribution in [-0.2, 0) is 14.2 Å². The van der Waals surface area contributed by atoms with Gasteiger partial charge in [-0.25, -0.2) is 9.67 Å². The summed E-state index contributed by atoms with van der Waals surface area (Å²) in [4.78, 5) is 18.7. The van der Waals surface area contributed by atoms with Gasteiger partial charge in [0, 0.05) is 13.1 Å². The predicted molar refractivity (Wildman–Crippen MR) is 50.3 cm³/mol. The van der Waals surface area contributed by atoms with E-state index in [9.17, 15) is 9.67 Å². The molecule has 0 amide bonds. The van der Waals surface area contributed by atoms with Gasteiger partial charge in [0.1, 0.15) is 0 Å². The highest BCUT2D eigenvalue weighted by Gasteiger charge is 2.13. The lowest BCUT2D eigenvalue weighted by Crippen LogP contribution is -2.28. The van der Waals surface area contributed by atoms with Crippen LogP contribution < -0.4 is 0 Å². The van der Waals surface area contributed by atoms with E-state index >= 15 is 0 Å². The topological polar surface area (TPSA) is 89.9 Å². The van der Waals surface area contributed by atoms with E-state index in [-0.39, 0.29) is 13.2 Å². The summed E-state index contributed by atoms with van der Waals surface area (Å²) in [5.41, 5.74) is 0. The van der Waals surface area contributed by atoms with Crippen molar-refractivity contribution < 1.29 is 24.0 Å². The Labute approximate surface area is 83.7 Å². The van der Waals surface area contributed by atoms with E-state index in [1.807, 2.05) is 11.8 Å². The zero-order valence-corrected chi connectivity index (χ0v) is 9.15. The Balaban J connectivity index is 3.57. The van der Waals surface area contributed by atoms with Crippen LogP contribution in [0.4, 0.5) is 0 Å². The Hall–Kier alpha value is 0.0300. The molecule has 0 aliphatic heterocycles. The minimum atomic E-state index is -4.35. The largest absolute Gasteiger partial charge is 0.469 e. The van der Waals surface area contributed by atoms with Crippen molar-refractivity contribution in [1.82, 2.24) is 4.90 Å². The zero-order valence-electron chi connectivity index (χ0n) is 8.26. The van der Waals surface area contributed by atoms with Crippen LogP contribution in [0.3, 0.4) is 0 Å². The summed E-state index contributed by atoms with van der Waals surface area (Å²) in [7, 11) is -4.35. The molecular formula is C7H17NO5P. The van der Waals surface area contributed by atoms with Gasteiger partial charge in [-0.3, -0.25) is 4.52 Å². The van der Waals surface area contributed by atoms with Gasteiger partial charge in [0.05, 0.1) is 13.2 Å². The molecular weight excluding hydrogens is 209 g/mol. The average molecular weight is 226 g/mol. The molecule has 0 saturated carbocycles. The molecule has 0 fully saturated rings. The molecule has 0 saturated heterocycles. The van der Waals surface area contributed by atoms with Crippen molar-refractivity contribution in [3.05, 3.63) is 0 Å². The van der Waals surface area contributed by atoms with Crippen LogP contribution in [0.5, 0.6) is 0 Å².